The van der Waals surface area contributed by atoms with Gasteiger partial charge >= 0.3 is 0 Å². The maximum atomic E-state index is 5.64. The predicted octanol–water partition coefficient (Wildman–Crippen LogP) is 3.09. The van der Waals surface area contributed by atoms with Crippen molar-refractivity contribution in [2.75, 3.05) is 6.61 Å². The number of benzene rings is 1. The molecule has 0 N–H and O–H groups in total. The van der Waals surface area contributed by atoms with Crippen LogP contribution in [0.4, 0.5) is 0 Å². The number of rotatable bonds is 2. The molecule has 0 radical (unpaired) electrons. The standard InChI is InChI=1S/C12H14INO/c1-8(2)11-7-15-12(14-11)9-5-3-4-6-10(9)13/h3-6,8,11H,7H2,1-2H3. The van der Waals surface area contributed by atoms with E-state index < -0.39 is 0 Å². The fourth-order valence-corrected chi connectivity index (χ4v) is 2.13. The topological polar surface area (TPSA) is 21.6 Å². The zero-order valence-corrected chi connectivity index (χ0v) is 11.1. The number of nitrogens with zero attached hydrogens (tertiary/aromatic N) is 1. The Labute approximate surface area is 104 Å². The van der Waals surface area contributed by atoms with E-state index in [-0.39, 0.29) is 0 Å². The van der Waals surface area contributed by atoms with E-state index in [0.717, 1.165) is 18.1 Å². The van der Waals surface area contributed by atoms with Crippen molar-refractivity contribution in [2.24, 2.45) is 10.9 Å². The van der Waals surface area contributed by atoms with Crippen LogP contribution in [0.1, 0.15) is 19.4 Å². The molecule has 1 aromatic rings. The molecule has 3 heteroatoms. The molecule has 0 saturated heterocycles. The lowest BCUT2D eigenvalue weighted by molar-refractivity contribution is 0.291. The number of aliphatic imine (C=N–C) groups is 1. The second-order valence-corrected chi connectivity index (χ2v) is 5.20. The highest BCUT2D eigenvalue weighted by Crippen LogP contribution is 2.20. The van der Waals surface area contributed by atoms with Crippen LogP contribution in [-0.4, -0.2) is 18.5 Å². The van der Waals surface area contributed by atoms with Gasteiger partial charge in [-0.3, -0.25) is 0 Å². The predicted molar refractivity (Wildman–Crippen MR) is 70.3 cm³/mol. The number of ether oxygens (including phenoxy) is 1. The first-order valence-corrected chi connectivity index (χ1v) is 6.22. The molecular formula is C12H14INO. The van der Waals surface area contributed by atoms with E-state index in [1.54, 1.807) is 0 Å². The summed E-state index contributed by atoms with van der Waals surface area (Å²) in [6, 6.07) is 8.50. The van der Waals surface area contributed by atoms with Crippen LogP contribution in [0.25, 0.3) is 0 Å². The van der Waals surface area contributed by atoms with Gasteiger partial charge in [-0.25, -0.2) is 4.99 Å². The minimum atomic E-state index is 0.316. The highest BCUT2D eigenvalue weighted by atomic mass is 127. The molecule has 1 heterocycles. The molecule has 0 fully saturated rings. The van der Waals surface area contributed by atoms with Gasteiger partial charge in [-0.15, -0.1) is 0 Å². The average molecular weight is 315 g/mol. The summed E-state index contributed by atoms with van der Waals surface area (Å²) in [5.41, 5.74) is 1.11. The van der Waals surface area contributed by atoms with Gasteiger partial charge in [0.15, 0.2) is 0 Å². The van der Waals surface area contributed by atoms with Crippen molar-refractivity contribution in [1.29, 1.82) is 0 Å². The zero-order valence-electron chi connectivity index (χ0n) is 8.90. The summed E-state index contributed by atoms with van der Waals surface area (Å²) in [5.74, 6) is 1.35. The van der Waals surface area contributed by atoms with Crippen LogP contribution in [0.2, 0.25) is 0 Å². The molecular weight excluding hydrogens is 301 g/mol. The lowest BCUT2D eigenvalue weighted by Gasteiger charge is -2.06. The van der Waals surface area contributed by atoms with Crippen molar-refractivity contribution in [3.05, 3.63) is 33.4 Å². The molecule has 0 amide bonds. The summed E-state index contributed by atoms with van der Waals surface area (Å²) >= 11 is 2.31. The minimum absolute atomic E-state index is 0.316. The normalized spacial score (nSPS) is 20.3. The Hall–Kier alpha value is -0.580. The van der Waals surface area contributed by atoms with Crippen LogP contribution in [-0.2, 0) is 4.74 Å². The van der Waals surface area contributed by atoms with E-state index in [9.17, 15) is 0 Å². The summed E-state index contributed by atoms with van der Waals surface area (Å²) in [7, 11) is 0. The van der Waals surface area contributed by atoms with E-state index in [1.807, 2.05) is 12.1 Å². The van der Waals surface area contributed by atoms with E-state index in [0.29, 0.717) is 12.0 Å². The highest BCUT2D eigenvalue weighted by molar-refractivity contribution is 14.1. The average Bonchev–Trinajstić information content (AvgIpc) is 2.67. The Morgan fingerprint density at radius 2 is 2.13 bits per heavy atom. The van der Waals surface area contributed by atoms with Crippen molar-refractivity contribution in [2.45, 2.75) is 19.9 Å². The fourth-order valence-electron chi connectivity index (χ4n) is 1.51. The van der Waals surface area contributed by atoms with Crippen LogP contribution in [0.3, 0.4) is 0 Å². The van der Waals surface area contributed by atoms with Gasteiger partial charge in [-0.05, 0) is 40.6 Å². The maximum absolute atomic E-state index is 5.64. The highest BCUT2D eigenvalue weighted by Gasteiger charge is 2.23. The van der Waals surface area contributed by atoms with Gasteiger partial charge in [0.1, 0.15) is 6.61 Å². The summed E-state index contributed by atoms with van der Waals surface area (Å²) in [4.78, 5) is 4.61. The third-order valence-corrected chi connectivity index (χ3v) is 3.49. The first-order valence-electron chi connectivity index (χ1n) is 5.14. The van der Waals surface area contributed by atoms with Crippen molar-refractivity contribution in [1.82, 2.24) is 0 Å². The Kier molecular flexibility index (Phi) is 3.29. The number of hydrogen-bond acceptors (Lipinski definition) is 2. The third kappa shape index (κ3) is 2.33. The number of hydrogen-bond donors (Lipinski definition) is 0. The smallest absolute Gasteiger partial charge is 0.217 e. The second kappa shape index (κ2) is 4.51. The third-order valence-electron chi connectivity index (χ3n) is 2.55. The van der Waals surface area contributed by atoms with Gasteiger partial charge in [-0.1, -0.05) is 26.0 Å². The Balaban J connectivity index is 2.27. The summed E-state index contributed by atoms with van der Waals surface area (Å²) < 4.78 is 6.83. The van der Waals surface area contributed by atoms with Crippen LogP contribution < -0.4 is 0 Å². The lowest BCUT2D eigenvalue weighted by atomic mass is 10.1. The molecule has 80 valence electrons. The van der Waals surface area contributed by atoms with E-state index >= 15 is 0 Å². The van der Waals surface area contributed by atoms with Crippen molar-refractivity contribution < 1.29 is 4.74 Å². The Bertz CT molecular complexity index is 387. The minimum Gasteiger partial charge on any atom is -0.475 e. The van der Waals surface area contributed by atoms with Crippen molar-refractivity contribution in [3.63, 3.8) is 0 Å². The number of halogens is 1. The molecule has 1 aliphatic heterocycles. The van der Waals surface area contributed by atoms with E-state index in [2.05, 4.69) is 53.6 Å². The molecule has 15 heavy (non-hydrogen) atoms. The molecule has 1 atom stereocenters. The molecule has 0 spiro atoms. The summed E-state index contributed by atoms with van der Waals surface area (Å²) in [6.45, 7) is 5.07. The quantitative estimate of drug-likeness (QED) is 0.769. The molecule has 1 aromatic carbocycles. The molecule has 2 nitrogen and oxygen atoms in total. The van der Waals surface area contributed by atoms with E-state index in [1.165, 1.54) is 3.57 Å². The molecule has 0 aliphatic carbocycles. The first-order chi connectivity index (χ1) is 7.18. The van der Waals surface area contributed by atoms with Gasteiger partial charge in [0, 0.05) is 9.13 Å². The second-order valence-electron chi connectivity index (χ2n) is 4.04. The molecule has 0 bridgehead atoms. The molecule has 0 aromatic heterocycles. The lowest BCUT2D eigenvalue weighted by Crippen LogP contribution is -2.13. The van der Waals surface area contributed by atoms with E-state index in [4.69, 9.17) is 4.74 Å². The van der Waals surface area contributed by atoms with Gasteiger partial charge in [0.25, 0.3) is 0 Å². The molecule has 2 rings (SSSR count). The van der Waals surface area contributed by atoms with Gasteiger partial charge in [0.2, 0.25) is 5.90 Å². The SMILES string of the molecule is CC(C)C1COC(c2ccccc2I)=N1. The largest absolute Gasteiger partial charge is 0.475 e. The Morgan fingerprint density at radius 1 is 1.40 bits per heavy atom. The first kappa shape index (κ1) is 10.9. The summed E-state index contributed by atoms with van der Waals surface area (Å²) in [6.07, 6.45) is 0. The summed E-state index contributed by atoms with van der Waals surface area (Å²) in [5, 5.41) is 0. The van der Waals surface area contributed by atoms with Crippen molar-refractivity contribution in [3.8, 4) is 0 Å². The molecule has 1 aliphatic rings. The van der Waals surface area contributed by atoms with Gasteiger partial charge in [-0.2, -0.15) is 0 Å². The van der Waals surface area contributed by atoms with Crippen LogP contribution >= 0.6 is 22.6 Å². The van der Waals surface area contributed by atoms with Gasteiger partial charge < -0.3 is 4.74 Å². The molecule has 1 unspecified atom stereocenters. The van der Waals surface area contributed by atoms with Crippen molar-refractivity contribution >= 4 is 28.5 Å². The maximum Gasteiger partial charge on any atom is 0.217 e. The van der Waals surface area contributed by atoms with Crippen LogP contribution in [0.5, 0.6) is 0 Å². The fraction of sp³-hybridized carbons (Fsp3) is 0.417. The molecule has 0 saturated carbocycles. The van der Waals surface area contributed by atoms with Gasteiger partial charge in [0.05, 0.1) is 6.04 Å². The Morgan fingerprint density at radius 3 is 2.73 bits per heavy atom. The van der Waals surface area contributed by atoms with Crippen LogP contribution in [0.15, 0.2) is 29.3 Å². The monoisotopic (exact) mass is 315 g/mol. The van der Waals surface area contributed by atoms with Crippen LogP contribution in [0, 0.1) is 9.49 Å². The zero-order chi connectivity index (χ0) is 10.8.